The zero-order chi connectivity index (χ0) is 17.8. The van der Waals surface area contributed by atoms with Crippen molar-refractivity contribution in [3.8, 4) is 0 Å². The number of nitrogens with zero attached hydrogens (tertiary/aromatic N) is 1. The van der Waals surface area contributed by atoms with Gasteiger partial charge in [-0.2, -0.15) is 0 Å². The third-order valence-electron chi connectivity index (χ3n) is 3.85. The molecule has 1 amide bonds. The van der Waals surface area contributed by atoms with Gasteiger partial charge in [0.25, 0.3) is 5.91 Å². The van der Waals surface area contributed by atoms with Gasteiger partial charge in [0.05, 0.1) is 5.02 Å². The molecule has 0 radical (unpaired) electrons. The molecule has 0 unspecified atom stereocenters. The number of benzene rings is 2. The summed E-state index contributed by atoms with van der Waals surface area (Å²) in [7, 11) is 0. The number of carbonyl (C=O) groups excluding carboxylic acids is 1. The lowest BCUT2D eigenvalue weighted by Crippen LogP contribution is -2.42. The van der Waals surface area contributed by atoms with Crippen molar-refractivity contribution < 1.29 is 4.79 Å². The van der Waals surface area contributed by atoms with E-state index in [9.17, 15) is 4.79 Å². The van der Waals surface area contributed by atoms with Gasteiger partial charge in [0.1, 0.15) is 4.88 Å². The molecule has 2 aromatic carbocycles. The van der Waals surface area contributed by atoms with E-state index < -0.39 is 0 Å². The highest BCUT2D eigenvalue weighted by atomic mass is 35.5. The molecule has 6 heteroatoms. The van der Waals surface area contributed by atoms with Crippen molar-refractivity contribution in [1.29, 1.82) is 0 Å². The summed E-state index contributed by atoms with van der Waals surface area (Å²) >= 11 is 13.2. The average molecular weight is 389 g/mol. The third-order valence-corrected chi connectivity index (χ3v) is 5.88. The summed E-state index contributed by atoms with van der Waals surface area (Å²) in [6, 6.07) is 17.7. The topological polar surface area (TPSA) is 32.3 Å². The van der Waals surface area contributed by atoms with Gasteiger partial charge in [-0.3, -0.25) is 10.1 Å². The van der Waals surface area contributed by atoms with E-state index in [0.717, 1.165) is 15.6 Å². The number of thiocarbonyl (C=S) groups is 1. The number of thiophene rings is 1. The lowest BCUT2D eigenvalue weighted by molar-refractivity contribution is 0.0977. The Kier molecular flexibility index (Phi) is 5.68. The van der Waals surface area contributed by atoms with Crippen LogP contribution < -0.4 is 5.32 Å². The molecule has 0 spiro atoms. The molecule has 0 saturated carbocycles. The summed E-state index contributed by atoms with van der Waals surface area (Å²) < 4.78 is 0.986. The quantitative estimate of drug-likeness (QED) is 0.631. The molecular weight excluding hydrogens is 372 g/mol. The van der Waals surface area contributed by atoms with Crippen molar-refractivity contribution in [2.24, 2.45) is 0 Å². The van der Waals surface area contributed by atoms with Gasteiger partial charge < -0.3 is 4.90 Å². The van der Waals surface area contributed by atoms with Crippen molar-refractivity contribution in [3.05, 3.63) is 70.1 Å². The first-order chi connectivity index (χ1) is 12.1. The van der Waals surface area contributed by atoms with Crippen LogP contribution in [0.2, 0.25) is 5.02 Å². The van der Waals surface area contributed by atoms with Crippen LogP contribution in [0, 0.1) is 0 Å². The average Bonchev–Trinajstić information content (AvgIpc) is 2.97. The van der Waals surface area contributed by atoms with Crippen LogP contribution in [0.15, 0.2) is 54.6 Å². The summed E-state index contributed by atoms with van der Waals surface area (Å²) in [6.45, 7) is 3.36. The molecule has 0 aliphatic carbocycles. The molecule has 1 heterocycles. The lowest BCUT2D eigenvalue weighted by atomic mass is 10.2. The van der Waals surface area contributed by atoms with Crippen molar-refractivity contribution in [2.45, 2.75) is 13.5 Å². The second-order valence-corrected chi connectivity index (χ2v) is 7.32. The maximum absolute atomic E-state index is 12.6. The summed E-state index contributed by atoms with van der Waals surface area (Å²) in [5, 5.41) is 4.59. The monoisotopic (exact) mass is 388 g/mol. The molecule has 25 heavy (non-hydrogen) atoms. The van der Waals surface area contributed by atoms with E-state index >= 15 is 0 Å². The Morgan fingerprint density at radius 3 is 2.52 bits per heavy atom. The van der Waals surface area contributed by atoms with E-state index in [-0.39, 0.29) is 5.91 Å². The number of hydrogen-bond acceptors (Lipinski definition) is 3. The predicted octanol–water partition coefficient (Wildman–Crippen LogP) is 5.09. The van der Waals surface area contributed by atoms with Gasteiger partial charge in [-0.1, -0.05) is 60.1 Å². The zero-order valence-electron chi connectivity index (χ0n) is 13.7. The molecule has 0 aliphatic rings. The predicted molar refractivity (Wildman–Crippen MR) is 109 cm³/mol. The first-order valence-corrected chi connectivity index (χ1v) is 9.51. The highest BCUT2D eigenvalue weighted by Gasteiger charge is 2.19. The van der Waals surface area contributed by atoms with Crippen LogP contribution in [0.25, 0.3) is 10.1 Å². The summed E-state index contributed by atoms with van der Waals surface area (Å²) in [5.74, 6) is -0.261. The second kappa shape index (κ2) is 7.95. The Bertz CT molecular complexity index is 908. The minimum Gasteiger partial charge on any atom is -0.345 e. The Balaban J connectivity index is 1.74. The number of hydrogen-bond donors (Lipinski definition) is 1. The largest absolute Gasteiger partial charge is 0.345 e. The minimum atomic E-state index is -0.261. The van der Waals surface area contributed by atoms with Crippen LogP contribution in [-0.4, -0.2) is 22.5 Å². The molecular formula is C19H17ClN2OS2. The molecule has 3 aromatic rings. The number of rotatable bonds is 4. The molecule has 0 fully saturated rings. The van der Waals surface area contributed by atoms with E-state index in [2.05, 4.69) is 5.32 Å². The zero-order valence-corrected chi connectivity index (χ0v) is 16.0. The van der Waals surface area contributed by atoms with Gasteiger partial charge in [-0.25, -0.2) is 0 Å². The fourth-order valence-corrected chi connectivity index (χ4v) is 4.22. The third kappa shape index (κ3) is 4.00. The van der Waals surface area contributed by atoms with Gasteiger partial charge in [0.15, 0.2) is 5.11 Å². The van der Waals surface area contributed by atoms with Crippen LogP contribution in [0.3, 0.4) is 0 Å². The number of nitrogens with one attached hydrogen (secondary N) is 1. The highest BCUT2D eigenvalue weighted by Crippen LogP contribution is 2.34. The number of fused-ring (bicyclic) bond motifs is 1. The van der Waals surface area contributed by atoms with Crippen LogP contribution in [0.5, 0.6) is 0 Å². The lowest BCUT2D eigenvalue weighted by Gasteiger charge is -2.23. The van der Waals surface area contributed by atoms with Crippen molar-refractivity contribution in [1.82, 2.24) is 10.2 Å². The maximum atomic E-state index is 12.6. The molecule has 0 saturated heterocycles. The summed E-state index contributed by atoms with van der Waals surface area (Å²) in [5.41, 5.74) is 1.14. The fraction of sp³-hybridized carbons (Fsp3) is 0.158. The van der Waals surface area contributed by atoms with Crippen LogP contribution in [0.1, 0.15) is 22.2 Å². The fourth-order valence-electron chi connectivity index (χ4n) is 2.52. The molecule has 0 bridgehead atoms. The highest BCUT2D eigenvalue weighted by molar-refractivity contribution is 7.80. The van der Waals surface area contributed by atoms with Gasteiger partial charge in [0, 0.05) is 23.2 Å². The molecule has 1 N–H and O–H groups in total. The van der Waals surface area contributed by atoms with Gasteiger partial charge in [-0.15, -0.1) is 11.3 Å². The number of halogens is 1. The molecule has 0 atom stereocenters. The van der Waals surface area contributed by atoms with Crippen LogP contribution >= 0.6 is 35.2 Å². The van der Waals surface area contributed by atoms with E-state index in [1.807, 2.05) is 66.4 Å². The maximum Gasteiger partial charge on any atom is 0.269 e. The summed E-state index contributed by atoms with van der Waals surface area (Å²) in [4.78, 5) is 15.1. The standard InChI is InChI=1S/C19H17ClN2OS2/c1-2-22(12-13-8-4-3-5-9-13)19(24)21-18(23)17-16(20)14-10-6-7-11-15(14)25-17/h3-11H,2,12H2,1H3,(H,21,23,24). The summed E-state index contributed by atoms with van der Waals surface area (Å²) in [6.07, 6.45) is 0. The number of carbonyl (C=O) groups is 1. The van der Waals surface area contributed by atoms with Crippen LogP contribution in [-0.2, 0) is 6.54 Å². The van der Waals surface area contributed by atoms with Crippen molar-refractivity contribution in [3.63, 3.8) is 0 Å². The van der Waals surface area contributed by atoms with Crippen molar-refractivity contribution >= 4 is 56.3 Å². The molecule has 3 nitrogen and oxygen atoms in total. The SMILES string of the molecule is CCN(Cc1ccccc1)C(=S)NC(=O)c1sc2ccccc2c1Cl. The van der Waals surface area contributed by atoms with E-state index in [1.54, 1.807) is 0 Å². The van der Waals surface area contributed by atoms with E-state index in [1.165, 1.54) is 11.3 Å². The van der Waals surface area contributed by atoms with Gasteiger partial charge >= 0.3 is 0 Å². The molecule has 128 valence electrons. The second-order valence-electron chi connectivity index (χ2n) is 5.50. The van der Waals surface area contributed by atoms with E-state index in [0.29, 0.717) is 28.1 Å². The Morgan fingerprint density at radius 2 is 1.84 bits per heavy atom. The Hall–Kier alpha value is -1.95. The smallest absolute Gasteiger partial charge is 0.269 e. The first kappa shape index (κ1) is 17.9. The molecule has 3 rings (SSSR count). The first-order valence-electron chi connectivity index (χ1n) is 7.91. The Labute approximate surface area is 161 Å². The number of amides is 1. The minimum absolute atomic E-state index is 0.261. The van der Waals surface area contributed by atoms with E-state index in [4.69, 9.17) is 23.8 Å². The Morgan fingerprint density at radius 1 is 1.16 bits per heavy atom. The van der Waals surface area contributed by atoms with Crippen LogP contribution in [0.4, 0.5) is 0 Å². The van der Waals surface area contributed by atoms with Gasteiger partial charge in [-0.05, 0) is 30.8 Å². The van der Waals surface area contributed by atoms with Crippen molar-refractivity contribution in [2.75, 3.05) is 6.54 Å². The molecule has 1 aromatic heterocycles. The van der Waals surface area contributed by atoms with Gasteiger partial charge in [0.2, 0.25) is 0 Å². The normalized spacial score (nSPS) is 10.6. The molecule has 0 aliphatic heterocycles.